The molecular weight excluding hydrogens is 154 g/mol. The van der Waals surface area contributed by atoms with Gasteiger partial charge in [-0.1, -0.05) is 12.8 Å². The van der Waals surface area contributed by atoms with Crippen LogP contribution in [0.5, 0.6) is 0 Å². The van der Waals surface area contributed by atoms with Gasteiger partial charge in [0.1, 0.15) is 0 Å². The monoisotopic (exact) mass is 169 g/mol. The lowest BCUT2D eigenvalue weighted by Gasteiger charge is -2.22. The Kier molecular flexibility index (Phi) is 1.83. The third-order valence-corrected chi connectivity index (χ3v) is 3.27. The van der Waals surface area contributed by atoms with Gasteiger partial charge in [-0.25, -0.2) is 0 Å². The fourth-order valence-electron chi connectivity index (χ4n) is 2.56. The molecule has 2 fully saturated rings. The van der Waals surface area contributed by atoms with Crippen molar-refractivity contribution in [2.24, 2.45) is 5.92 Å². The van der Waals surface area contributed by atoms with Gasteiger partial charge in [-0.3, -0.25) is 4.79 Å². The SMILES string of the molecule is O=C(O)C1CNC2(CCCC2)C1. The van der Waals surface area contributed by atoms with Gasteiger partial charge in [0.25, 0.3) is 0 Å². The average molecular weight is 169 g/mol. The second kappa shape index (κ2) is 2.73. The first-order valence-corrected chi connectivity index (χ1v) is 4.70. The molecule has 12 heavy (non-hydrogen) atoms. The molecule has 0 aromatic heterocycles. The van der Waals surface area contributed by atoms with Crippen molar-refractivity contribution >= 4 is 5.97 Å². The Hall–Kier alpha value is -0.570. The number of carbonyl (C=O) groups is 1. The zero-order valence-corrected chi connectivity index (χ0v) is 7.18. The highest BCUT2D eigenvalue weighted by atomic mass is 16.4. The van der Waals surface area contributed by atoms with Gasteiger partial charge in [-0.05, 0) is 19.3 Å². The lowest BCUT2D eigenvalue weighted by atomic mass is 9.91. The molecular formula is C9H15NO2. The second-order valence-corrected chi connectivity index (χ2v) is 4.11. The number of nitrogens with one attached hydrogen (secondary N) is 1. The fourth-order valence-corrected chi connectivity index (χ4v) is 2.56. The van der Waals surface area contributed by atoms with Gasteiger partial charge in [0, 0.05) is 12.1 Å². The minimum atomic E-state index is -0.633. The first kappa shape index (κ1) is 8.05. The summed E-state index contributed by atoms with van der Waals surface area (Å²) >= 11 is 0. The van der Waals surface area contributed by atoms with E-state index in [0.29, 0.717) is 6.54 Å². The van der Waals surface area contributed by atoms with Crippen molar-refractivity contribution in [3.8, 4) is 0 Å². The van der Waals surface area contributed by atoms with Crippen LogP contribution in [0.15, 0.2) is 0 Å². The molecule has 2 aliphatic rings. The maximum Gasteiger partial charge on any atom is 0.307 e. The standard InChI is InChI=1S/C9H15NO2/c11-8(12)7-5-9(10-6-7)3-1-2-4-9/h7,10H,1-6H2,(H,11,12). The third kappa shape index (κ3) is 1.22. The number of hydrogen-bond acceptors (Lipinski definition) is 2. The Morgan fingerprint density at radius 1 is 1.42 bits per heavy atom. The first-order valence-electron chi connectivity index (χ1n) is 4.70. The second-order valence-electron chi connectivity index (χ2n) is 4.11. The molecule has 1 unspecified atom stereocenters. The van der Waals surface area contributed by atoms with Gasteiger partial charge >= 0.3 is 5.97 Å². The van der Waals surface area contributed by atoms with Crippen LogP contribution < -0.4 is 5.32 Å². The smallest absolute Gasteiger partial charge is 0.307 e. The van der Waals surface area contributed by atoms with Gasteiger partial charge in [0.2, 0.25) is 0 Å². The lowest BCUT2D eigenvalue weighted by molar-refractivity contribution is -0.141. The summed E-state index contributed by atoms with van der Waals surface area (Å²) in [6.45, 7) is 0.676. The van der Waals surface area contributed by atoms with Crippen LogP contribution in [0.3, 0.4) is 0 Å². The Morgan fingerprint density at radius 2 is 2.08 bits per heavy atom. The molecule has 0 amide bonds. The first-order chi connectivity index (χ1) is 5.72. The van der Waals surface area contributed by atoms with E-state index >= 15 is 0 Å². The Balaban J connectivity index is 2.01. The predicted molar refractivity (Wildman–Crippen MR) is 44.9 cm³/mol. The van der Waals surface area contributed by atoms with Crippen molar-refractivity contribution in [2.45, 2.75) is 37.6 Å². The minimum Gasteiger partial charge on any atom is -0.481 e. The van der Waals surface area contributed by atoms with Crippen molar-refractivity contribution in [2.75, 3.05) is 6.54 Å². The summed E-state index contributed by atoms with van der Waals surface area (Å²) in [7, 11) is 0. The molecule has 0 radical (unpaired) electrons. The number of carboxylic acid groups (broad SMARTS) is 1. The fraction of sp³-hybridized carbons (Fsp3) is 0.889. The quantitative estimate of drug-likeness (QED) is 0.615. The van der Waals surface area contributed by atoms with Crippen LogP contribution in [0.2, 0.25) is 0 Å². The molecule has 0 aromatic rings. The summed E-state index contributed by atoms with van der Waals surface area (Å²) in [4.78, 5) is 10.7. The molecule has 3 nitrogen and oxygen atoms in total. The van der Waals surface area contributed by atoms with Crippen molar-refractivity contribution in [3.05, 3.63) is 0 Å². The van der Waals surface area contributed by atoms with Gasteiger partial charge in [0.15, 0.2) is 0 Å². The topological polar surface area (TPSA) is 49.3 Å². The summed E-state index contributed by atoms with van der Waals surface area (Å²) < 4.78 is 0. The molecule has 3 heteroatoms. The van der Waals surface area contributed by atoms with Gasteiger partial charge in [-0.2, -0.15) is 0 Å². The Labute approximate surface area is 72.2 Å². The van der Waals surface area contributed by atoms with E-state index in [4.69, 9.17) is 5.11 Å². The molecule has 1 spiro atoms. The molecule has 0 aromatic carbocycles. The molecule has 0 bridgehead atoms. The maximum absolute atomic E-state index is 10.7. The van der Waals surface area contributed by atoms with E-state index < -0.39 is 5.97 Å². The Morgan fingerprint density at radius 3 is 2.58 bits per heavy atom. The molecule has 2 N–H and O–H groups in total. The maximum atomic E-state index is 10.7. The highest BCUT2D eigenvalue weighted by molar-refractivity contribution is 5.71. The van der Waals surface area contributed by atoms with Gasteiger partial charge in [0.05, 0.1) is 5.92 Å². The summed E-state index contributed by atoms with van der Waals surface area (Å²) in [6.07, 6.45) is 5.73. The summed E-state index contributed by atoms with van der Waals surface area (Å²) in [5.41, 5.74) is 0.211. The number of hydrogen-bond donors (Lipinski definition) is 2. The number of aliphatic carboxylic acids is 1. The van der Waals surface area contributed by atoms with E-state index in [1.54, 1.807) is 0 Å². The van der Waals surface area contributed by atoms with E-state index in [-0.39, 0.29) is 11.5 Å². The molecule has 1 aliphatic heterocycles. The van der Waals surface area contributed by atoms with Crippen LogP contribution >= 0.6 is 0 Å². The third-order valence-electron chi connectivity index (χ3n) is 3.27. The molecule has 1 saturated heterocycles. The van der Waals surface area contributed by atoms with Crippen molar-refractivity contribution in [1.29, 1.82) is 0 Å². The van der Waals surface area contributed by atoms with Crippen LogP contribution in [-0.4, -0.2) is 23.2 Å². The van der Waals surface area contributed by atoms with Crippen molar-refractivity contribution in [3.63, 3.8) is 0 Å². The summed E-state index contributed by atoms with van der Waals surface area (Å²) in [5.74, 6) is -0.769. The summed E-state index contributed by atoms with van der Waals surface area (Å²) in [5, 5.41) is 12.2. The molecule has 1 aliphatic carbocycles. The van der Waals surface area contributed by atoms with Crippen LogP contribution in [0.25, 0.3) is 0 Å². The predicted octanol–water partition coefficient (Wildman–Crippen LogP) is 0.993. The van der Waals surface area contributed by atoms with Gasteiger partial charge < -0.3 is 10.4 Å². The molecule has 1 heterocycles. The van der Waals surface area contributed by atoms with Crippen molar-refractivity contribution < 1.29 is 9.90 Å². The zero-order valence-electron chi connectivity index (χ0n) is 7.18. The molecule has 1 atom stereocenters. The normalized spacial score (nSPS) is 32.8. The highest BCUT2D eigenvalue weighted by Crippen LogP contribution is 2.38. The van der Waals surface area contributed by atoms with E-state index in [0.717, 1.165) is 6.42 Å². The lowest BCUT2D eigenvalue weighted by Crippen LogP contribution is -2.35. The van der Waals surface area contributed by atoms with Crippen LogP contribution in [0.1, 0.15) is 32.1 Å². The van der Waals surface area contributed by atoms with E-state index in [2.05, 4.69) is 5.32 Å². The van der Waals surface area contributed by atoms with Crippen molar-refractivity contribution in [1.82, 2.24) is 5.32 Å². The van der Waals surface area contributed by atoms with E-state index in [1.807, 2.05) is 0 Å². The molecule has 1 saturated carbocycles. The largest absolute Gasteiger partial charge is 0.481 e. The number of rotatable bonds is 1. The Bertz CT molecular complexity index is 197. The number of carboxylic acids is 1. The summed E-state index contributed by atoms with van der Waals surface area (Å²) in [6, 6.07) is 0. The van der Waals surface area contributed by atoms with E-state index in [9.17, 15) is 4.79 Å². The molecule has 2 rings (SSSR count). The van der Waals surface area contributed by atoms with Crippen LogP contribution in [-0.2, 0) is 4.79 Å². The van der Waals surface area contributed by atoms with Gasteiger partial charge in [-0.15, -0.1) is 0 Å². The molecule has 68 valence electrons. The van der Waals surface area contributed by atoms with Crippen LogP contribution in [0.4, 0.5) is 0 Å². The zero-order chi connectivity index (χ0) is 8.60. The van der Waals surface area contributed by atoms with E-state index in [1.165, 1.54) is 25.7 Å². The minimum absolute atomic E-state index is 0.136. The highest BCUT2D eigenvalue weighted by Gasteiger charge is 2.42. The average Bonchev–Trinajstić information content (AvgIpc) is 2.62. The van der Waals surface area contributed by atoms with Crippen LogP contribution in [0, 0.1) is 5.92 Å².